The minimum atomic E-state index is -0.835. The third-order valence-corrected chi connectivity index (χ3v) is 3.63. The van der Waals surface area contributed by atoms with Crippen LogP contribution in [0.15, 0.2) is 0 Å². The van der Waals surface area contributed by atoms with Crippen molar-refractivity contribution in [1.29, 1.82) is 0 Å². The number of amides is 1. The summed E-state index contributed by atoms with van der Waals surface area (Å²) in [5.74, 6) is -1.62. The zero-order chi connectivity index (χ0) is 14.3. The Labute approximate surface area is 113 Å². The summed E-state index contributed by atoms with van der Waals surface area (Å²) in [5, 5.41) is 12.0. The second-order valence-corrected chi connectivity index (χ2v) is 5.09. The molecular weight excluding hydrogens is 248 g/mol. The normalized spacial score (nSPS) is 25.4. The van der Waals surface area contributed by atoms with E-state index in [1.54, 1.807) is 7.11 Å². The van der Waals surface area contributed by atoms with E-state index in [0.717, 1.165) is 19.3 Å². The van der Waals surface area contributed by atoms with Gasteiger partial charge in [-0.25, -0.2) is 0 Å². The van der Waals surface area contributed by atoms with Gasteiger partial charge in [-0.15, -0.1) is 0 Å². The predicted octanol–water partition coefficient (Wildman–Crippen LogP) is 0.500. The molecule has 0 radical (unpaired) electrons. The monoisotopic (exact) mass is 272 g/mol. The number of methoxy groups -OCH3 is 1. The number of carboxylic acids is 1. The number of aliphatic carboxylic acids is 1. The van der Waals surface area contributed by atoms with Gasteiger partial charge in [0.1, 0.15) is 0 Å². The summed E-state index contributed by atoms with van der Waals surface area (Å²) >= 11 is 0. The highest BCUT2D eigenvalue weighted by Gasteiger charge is 2.31. The van der Waals surface area contributed by atoms with Crippen LogP contribution in [0.5, 0.6) is 0 Å². The first-order chi connectivity index (χ1) is 9.06. The summed E-state index contributed by atoms with van der Waals surface area (Å²) in [7, 11) is 1.55. The third kappa shape index (κ3) is 5.16. The zero-order valence-corrected chi connectivity index (χ0v) is 11.4. The Bertz CT molecular complexity index is 309. The van der Waals surface area contributed by atoms with Crippen molar-refractivity contribution in [2.75, 3.05) is 13.7 Å². The number of carbonyl (C=O) groups is 2. The lowest BCUT2D eigenvalue weighted by Gasteiger charge is -2.24. The third-order valence-electron chi connectivity index (χ3n) is 3.63. The second-order valence-electron chi connectivity index (χ2n) is 5.09. The summed E-state index contributed by atoms with van der Waals surface area (Å²) in [4.78, 5) is 23.2. The van der Waals surface area contributed by atoms with Crippen molar-refractivity contribution in [2.24, 2.45) is 11.7 Å². The van der Waals surface area contributed by atoms with E-state index in [1.165, 1.54) is 0 Å². The maximum Gasteiger partial charge on any atom is 0.308 e. The summed E-state index contributed by atoms with van der Waals surface area (Å²) in [6, 6.07) is -0.946. The Morgan fingerprint density at radius 2 is 2.05 bits per heavy atom. The summed E-state index contributed by atoms with van der Waals surface area (Å²) < 4.78 is 4.88. The Kier molecular flexibility index (Phi) is 6.80. The van der Waals surface area contributed by atoms with E-state index in [1.807, 2.05) is 0 Å². The molecule has 3 atom stereocenters. The highest BCUT2D eigenvalue weighted by atomic mass is 16.5. The van der Waals surface area contributed by atoms with E-state index in [2.05, 4.69) is 5.32 Å². The molecule has 0 spiro atoms. The van der Waals surface area contributed by atoms with Gasteiger partial charge in [-0.3, -0.25) is 9.59 Å². The molecule has 3 unspecified atom stereocenters. The van der Waals surface area contributed by atoms with Crippen LogP contribution in [0.25, 0.3) is 0 Å². The van der Waals surface area contributed by atoms with E-state index >= 15 is 0 Å². The molecule has 0 aromatic rings. The fourth-order valence-electron chi connectivity index (χ4n) is 2.44. The highest BCUT2D eigenvalue weighted by Crippen LogP contribution is 2.23. The second kappa shape index (κ2) is 8.12. The lowest BCUT2D eigenvalue weighted by atomic mass is 9.94. The van der Waals surface area contributed by atoms with Gasteiger partial charge in [-0.1, -0.05) is 19.3 Å². The lowest BCUT2D eigenvalue weighted by molar-refractivity contribution is -0.143. The Balaban J connectivity index is 2.55. The molecule has 1 aliphatic rings. The molecule has 6 heteroatoms. The summed E-state index contributed by atoms with van der Waals surface area (Å²) in [6.45, 7) is 0.418. The lowest BCUT2D eigenvalue weighted by Crippen LogP contribution is -2.49. The minimum absolute atomic E-state index is 0.282. The van der Waals surface area contributed by atoms with Crippen molar-refractivity contribution in [1.82, 2.24) is 5.32 Å². The van der Waals surface area contributed by atoms with Crippen LogP contribution in [0.4, 0.5) is 0 Å². The topological polar surface area (TPSA) is 102 Å². The van der Waals surface area contributed by atoms with Crippen LogP contribution in [0, 0.1) is 5.92 Å². The first kappa shape index (κ1) is 15.9. The molecule has 4 N–H and O–H groups in total. The van der Waals surface area contributed by atoms with Crippen molar-refractivity contribution in [2.45, 2.75) is 50.6 Å². The Hall–Kier alpha value is -1.14. The number of ether oxygens (including phenoxy) is 1. The maximum atomic E-state index is 11.9. The molecule has 1 saturated carbocycles. The van der Waals surface area contributed by atoms with Crippen molar-refractivity contribution < 1.29 is 19.4 Å². The molecule has 0 aromatic carbocycles. The Morgan fingerprint density at radius 3 is 2.68 bits per heavy atom. The van der Waals surface area contributed by atoms with Gasteiger partial charge < -0.3 is 20.9 Å². The van der Waals surface area contributed by atoms with E-state index in [-0.39, 0.29) is 11.9 Å². The first-order valence-electron chi connectivity index (χ1n) is 6.84. The van der Waals surface area contributed by atoms with Gasteiger partial charge in [-0.05, 0) is 19.3 Å². The van der Waals surface area contributed by atoms with Crippen molar-refractivity contribution in [3.05, 3.63) is 0 Å². The number of carboxylic acid groups (broad SMARTS) is 1. The molecule has 0 saturated heterocycles. The quantitative estimate of drug-likeness (QED) is 0.611. The van der Waals surface area contributed by atoms with Gasteiger partial charge in [-0.2, -0.15) is 0 Å². The molecular formula is C13H24N2O4. The van der Waals surface area contributed by atoms with E-state index in [0.29, 0.717) is 25.9 Å². The average Bonchev–Trinajstić information content (AvgIpc) is 2.61. The van der Waals surface area contributed by atoms with Gasteiger partial charge in [0, 0.05) is 19.8 Å². The molecule has 1 aliphatic carbocycles. The molecule has 1 amide bonds. The smallest absolute Gasteiger partial charge is 0.308 e. The largest absolute Gasteiger partial charge is 0.481 e. The molecule has 0 heterocycles. The number of nitrogens with one attached hydrogen (secondary N) is 1. The van der Waals surface area contributed by atoms with E-state index in [9.17, 15) is 14.7 Å². The van der Waals surface area contributed by atoms with Crippen molar-refractivity contribution in [3.8, 4) is 0 Å². The van der Waals surface area contributed by atoms with Crippen LogP contribution in [0.1, 0.15) is 38.5 Å². The molecule has 1 fully saturated rings. The molecule has 1 rings (SSSR count). The average molecular weight is 272 g/mol. The number of hydrogen-bond donors (Lipinski definition) is 3. The summed E-state index contributed by atoms with van der Waals surface area (Å²) in [6.07, 6.45) is 4.63. The molecule has 110 valence electrons. The molecule has 0 aliphatic heterocycles. The maximum absolute atomic E-state index is 11.9. The first-order valence-corrected chi connectivity index (χ1v) is 6.84. The summed E-state index contributed by atoms with van der Waals surface area (Å²) in [5.41, 5.74) is 5.74. The van der Waals surface area contributed by atoms with E-state index < -0.39 is 17.9 Å². The van der Waals surface area contributed by atoms with Crippen molar-refractivity contribution in [3.63, 3.8) is 0 Å². The van der Waals surface area contributed by atoms with Crippen LogP contribution in [-0.2, 0) is 14.3 Å². The van der Waals surface area contributed by atoms with Gasteiger partial charge in [0.2, 0.25) is 5.91 Å². The van der Waals surface area contributed by atoms with E-state index in [4.69, 9.17) is 10.5 Å². The number of nitrogens with two attached hydrogens (primary N) is 1. The number of hydrogen-bond acceptors (Lipinski definition) is 4. The van der Waals surface area contributed by atoms with Gasteiger partial charge in [0.15, 0.2) is 0 Å². The SMILES string of the molecule is COCCC(N)C(=O)NC1CCCCCC1C(=O)O. The fourth-order valence-corrected chi connectivity index (χ4v) is 2.44. The van der Waals surface area contributed by atoms with Crippen LogP contribution in [0.2, 0.25) is 0 Å². The molecule has 19 heavy (non-hydrogen) atoms. The van der Waals surface area contributed by atoms with Crippen LogP contribution in [0.3, 0.4) is 0 Å². The number of rotatable bonds is 6. The van der Waals surface area contributed by atoms with Gasteiger partial charge in [0.25, 0.3) is 0 Å². The zero-order valence-electron chi connectivity index (χ0n) is 11.4. The molecule has 0 aromatic heterocycles. The Morgan fingerprint density at radius 1 is 1.37 bits per heavy atom. The highest BCUT2D eigenvalue weighted by molar-refractivity contribution is 5.82. The van der Waals surface area contributed by atoms with Crippen LogP contribution in [-0.4, -0.2) is 42.8 Å². The fraction of sp³-hybridized carbons (Fsp3) is 0.846. The standard InChI is InChI=1S/C13H24N2O4/c1-19-8-7-10(14)12(16)15-11-6-4-2-3-5-9(11)13(17)18/h9-11H,2-8,14H2,1H3,(H,15,16)(H,17,18). The minimum Gasteiger partial charge on any atom is -0.481 e. The number of carbonyl (C=O) groups excluding carboxylic acids is 1. The van der Waals surface area contributed by atoms with Crippen LogP contribution < -0.4 is 11.1 Å². The van der Waals surface area contributed by atoms with Gasteiger partial charge >= 0.3 is 5.97 Å². The van der Waals surface area contributed by atoms with Gasteiger partial charge in [0.05, 0.1) is 12.0 Å². The van der Waals surface area contributed by atoms with Crippen molar-refractivity contribution >= 4 is 11.9 Å². The predicted molar refractivity (Wildman–Crippen MR) is 70.6 cm³/mol. The van der Waals surface area contributed by atoms with Crippen LogP contribution >= 0.6 is 0 Å². The molecule has 0 bridgehead atoms. The molecule has 6 nitrogen and oxygen atoms in total.